The van der Waals surface area contributed by atoms with Crippen molar-refractivity contribution in [2.24, 2.45) is 5.10 Å². The second-order valence-electron chi connectivity index (χ2n) is 7.38. The zero-order valence-electron chi connectivity index (χ0n) is 16.6. The molecule has 158 valence electrons. The minimum Gasteiger partial charge on any atom is -0.282 e. The van der Waals surface area contributed by atoms with Crippen LogP contribution in [0.2, 0.25) is 5.02 Å². The molecule has 0 bridgehead atoms. The molecule has 3 aromatic carbocycles. The largest absolute Gasteiger partial charge is 0.290 e. The van der Waals surface area contributed by atoms with Gasteiger partial charge in [-0.05, 0) is 40.2 Å². The van der Waals surface area contributed by atoms with Crippen molar-refractivity contribution in [3.63, 3.8) is 0 Å². The standard InChI is InChI=1S/C24H16ClN3O3S/c25-16-10-8-15(9-11-16)20-12-19(18-7-3-5-14-4-1-2-6-17(14)18)27-28(20)22(29)13-21-23(30)26-24(31)32-21/h1-11,13,20H,12H2,(H,26,30,31)/b21-13-. The van der Waals surface area contributed by atoms with Crippen LogP contribution < -0.4 is 5.32 Å². The van der Waals surface area contributed by atoms with Gasteiger partial charge in [0.1, 0.15) is 0 Å². The lowest BCUT2D eigenvalue weighted by Crippen LogP contribution is -2.26. The summed E-state index contributed by atoms with van der Waals surface area (Å²) < 4.78 is 0. The Morgan fingerprint density at radius 1 is 1.06 bits per heavy atom. The fourth-order valence-corrected chi connectivity index (χ4v) is 4.67. The topological polar surface area (TPSA) is 78.8 Å². The number of carbonyl (C=O) groups is 3. The Balaban J connectivity index is 1.56. The SMILES string of the molecule is O=C1NC(=O)/C(=C/C(=O)N2N=C(c3cccc4ccccc34)CC2c2ccc(Cl)cc2)S1. The number of fused-ring (bicyclic) bond motifs is 1. The molecule has 3 aromatic rings. The first-order chi connectivity index (χ1) is 15.5. The van der Waals surface area contributed by atoms with Crippen molar-refractivity contribution in [1.82, 2.24) is 10.3 Å². The molecule has 32 heavy (non-hydrogen) atoms. The van der Waals surface area contributed by atoms with E-state index in [1.165, 1.54) is 11.1 Å². The summed E-state index contributed by atoms with van der Waals surface area (Å²) in [7, 11) is 0. The van der Waals surface area contributed by atoms with E-state index in [9.17, 15) is 14.4 Å². The van der Waals surface area contributed by atoms with Crippen LogP contribution in [0.1, 0.15) is 23.6 Å². The third-order valence-electron chi connectivity index (χ3n) is 5.39. The molecule has 0 spiro atoms. The molecule has 0 saturated carbocycles. The van der Waals surface area contributed by atoms with Crippen LogP contribution in [-0.4, -0.2) is 27.8 Å². The molecule has 0 aliphatic carbocycles. The van der Waals surface area contributed by atoms with Crippen LogP contribution in [0.25, 0.3) is 10.8 Å². The highest BCUT2D eigenvalue weighted by molar-refractivity contribution is 8.18. The molecular weight excluding hydrogens is 446 g/mol. The normalized spacial score (nSPS) is 19.5. The third kappa shape index (κ3) is 3.81. The zero-order valence-corrected chi connectivity index (χ0v) is 18.2. The molecule has 1 atom stereocenters. The lowest BCUT2D eigenvalue weighted by molar-refractivity contribution is -0.128. The van der Waals surface area contributed by atoms with Gasteiger partial charge in [-0.1, -0.05) is 66.2 Å². The van der Waals surface area contributed by atoms with E-state index in [0.29, 0.717) is 23.2 Å². The van der Waals surface area contributed by atoms with E-state index >= 15 is 0 Å². The lowest BCUT2D eigenvalue weighted by Gasteiger charge is -2.21. The Morgan fingerprint density at radius 2 is 1.81 bits per heavy atom. The lowest BCUT2D eigenvalue weighted by atomic mass is 9.95. The summed E-state index contributed by atoms with van der Waals surface area (Å²) >= 11 is 6.76. The van der Waals surface area contributed by atoms with E-state index in [0.717, 1.165) is 27.6 Å². The fraction of sp³-hybridized carbons (Fsp3) is 0.0833. The number of hydrazone groups is 1. The first-order valence-electron chi connectivity index (χ1n) is 9.89. The second kappa shape index (κ2) is 8.26. The van der Waals surface area contributed by atoms with E-state index in [-0.39, 0.29) is 10.9 Å². The average Bonchev–Trinajstić information content (AvgIpc) is 3.37. The van der Waals surface area contributed by atoms with Crippen LogP contribution in [0, 0.1) is 0 Å². The van der Waals surface area contributed by atoms with Crippen molar-refractivity contribution in [3.05, 3.63) is 93.9 Å². The number of hydrogen-bond acceptors (Lipinski definition) is 5. The predicted octanol–water partition coefficient (Wildman–Crippen LogP) is 5.04. The first kappa shape index (κ1) is 20.5. The van der Waals surface area contributed by atoms with E-state index < -0.39 is 17.1 Å². The molecule has 2 aliphatic heterocycles. The van der Waals surface area contributed by atoms with Crippen molar-refractivity contribution in [3.8, 4) is 0 Å². The number of nitrogens with one attached hydrogen (secondary N) is 1. The van der Waals surface area contributed by atoms with Gasteiger partial charge in [-0.2, -0.15) is 5.10 Å². The first-order valence-corrected chi connectivity index (χ1v) is 11.1. The smallest absolute Gasteiger partial charge is 0.282 e. The summed E-state index contributed by atoms with van der Waals surface area (Å²) in [5, 5.41) is 10.4. The highest BCUT2D eigenvalue weighted by atomic mass is 35.5. The molecule has 1 N–H and O–H groups in total. The van der Waals surface area contributed by atoms with E-state index in [4.69, 9.17) is 11.6 Å². The Labute approximate surface area is 192 Å². The Morgan fingerprint density at radius 3 is 2.56 bits per heavy atom. The minimum absolute atomic E-state index is 0.0590. The molecule has 2 heterocycles. The van der Waals surface area contributed by atoms with Gasteiger partial charge >= 0.3 is 0 Å². The monoisotopic (exact) mass is 461 g/mol. The molecule has 5 rings (SSSR count). The van der Waals surface area contributed by atoms with Crippen molar-refractivity contribution in [2.45, 2.75) is 12.5 Å². The fourth-order valence-electron chi connectivity index (χ4n) is 3.90. The molecule has 8 heteroatoms. The minimum atomic E-state index is -0.575. The van der Waals surface area contributed by atoms with Crippen LogP contribution in [0.15, 0.2) is 82.8 Å². The third-order valence-corrected chi connectivity index (χ3v) is 6.45. The number of thioether (sulfide) groups is 1. The molecule has 1 unspecified atom stereocenters. The van der Waals surface area contributed by atoms with Gasteiger partial charge in [-0.25, -0.2) is 5.01 Å². The van der Waals surface area contributed by atoms with Crippen molar-refractivity contribution >= 4 is 56.9 Å². The predicted molar refractivity (Wildman–Crippen MR) is 125 cm³/mol. The number of amides is 3. The van der Waals surface area contributed by atoms with Gasteiger partial charge in [0.25, 0.3) is 17.1 Å². The van der Waals surface area contributed by atoms with Crippen LogP contribution in [0.4, 0.5) is 4.79 Å². The Hall–Kier alpha value is -3.42. The second-order valence-corrected chi connectivity index (χ2v) is 8.83. The number of carbonyl (C=O) groups excluding carboxylic acids is 3. The van der Waals surface area contributed by atoms with Crippen LogP contribution >= 0.6 is 23.4 Å². The molecular formula is C24H16ClN3O3S. The van der Waals surface area contributed by atoms with Crippen molar-refractivity contribution in [1.29, 1.82) is 0 Å². The molecule has 1 fully saturated rings. The summed E-state index contributed by atoms with van der Waals surface area (Å²) in [4.78, 5) is 36.6. The number of rotatable bonds is 3. The van der Waals surface area contributed by atoms with Gasteiger partial charge in [0, 0.05) is 23.1 Å². The summed E-state index contributed by atoms with van der Waals surface area (Å²) in [5.74, 6) is -1.04. The molecule has 3 amide bonds. The highest BCUT2D eigenvalue weighted by Gasteiger charge is 2.34. The summed E-state index contributed by atoms with van der Waals surface area (Å²) in [6.07, 6.45) is 1.67. The van der Waals surface area contributed by atoms with E-state index in [1.807, 2.05) is 54.6 Å². The van der Waals surface area contributed by atoms with Gasteiger partial charge < -0.3 is 0 Å². The molecule has 0 radical (unpaired) electrons. The highest BCUT2D eigenvalue weighted by Crippen LogP contribution is 2.36. The maximum atomic E-state index is 13.2. The summed E-state index contributed by atoms with van der Waals surface area (Å²) in [5.41, 5.74) is 2.60. The number of halogens is 1. The maximum absolute atomic E-state index is 13.2. The van der Waals surface area contributed by atoms with Crippen LogP contribution in [-0.2, 0) is 9.59 Å². The van der Waals surface area contributed by atoms with Crippen LogP contribution in [0.3, 0.4) is 0 Å². The molecule has 0 aromatic heterocycles. The van der Waals surface area contributed by atoms with Crippen molar-refractivity contribution in [2.75, 3.05) is 0 Å². The van der Waals surface area contributed by atoms with E-state index in [1.54, 1.807) is 12.1 Å². The van der Waals surface area contributed by atoms with Crippen molar-refractivity contribution < 1.29 is 14.4 Å². The van der Waals surface area contributed by atoms with Gasteiger partial charge in [0.2, 0.25) is 0 Å². The van der Waals surface area contributed by atoms with Gasteiger partial charge in [0.15, 0.2) is 0 Å². The maximum Gasteiger partial charge on any atom is 0.290 e. The number of imide groups is 1. The average molecular weight is 462 g/mol. The quantitative estimate of drug-likeness (QED) is 0.554. The summed E-state index contributed by atoms with van der Waals surface area (Å²) in [6.45, 7) is 0. The van der Waals surface area contributed by atoms with Gasteiger partial charge in [-0.15, -0.1) is 0 Å². The Kier molecular flexibility index (Phi) is 5.28. The molecule has 1 saturated heterocycles. The number of nitrogens with zero attached hydrogens (tertiary/aromatic N) is 2. The van der Waals surface area contributed by atoms with Crippen LogP contribution in [0.5, 0.6) is 0 Å². The van der Waals surface area contributed by atoms with Gasteiger partial charge in [0.05, 0.1) is 16.7 Å². The number of benzene rings is 3. The number of hydrogen-bond donors (Lipinski definition) is 1. The summed E-state index contributed by atoms with van der Waals surface area (Å²) in [6, 6.07) is 20.9. The zero-order chi connectivity index (χ0) is 22.2. The van der Waals surface area contributed by atoms with Gasteiger partial charge in [-0.3, -0.25) is 19.7 Å². The molecule has 2 aliphatic rings. The molecule has 6 nitrogen and oxygen atoms in total. The van der Waals surface area contributed by atoms with E-state index in [2.05, 4.69) is 10.4 Å². The Bertz CT molecular complexity index is 1330.